The van der Waals surface area contributed by atoms with Crippen molar-refractivity contribution in [2.45, 2.75) is 39.9 Å². The Kier molecular flexibility index (Phi) is 6.08. The predicted octanol–water partition coefficient (Wildman–Crippen LogP) is 2.35. The second kappa shape index (κ2) is 7.36. The third-order valence-electron chi connectivity index (χ3n) is 3.01. The summed E-state index contributed by atoms with van der Waals surface area (Å²) in [5.74, 6) is -0.182. The molecule has 0 fully saturated rings. The Morgan fingerprint density at radius 3 is 2.33 bits per heavy atom. The lowest BCUT2D eigenvalue weighted by molar-refractivity contribution is -0.121. The molecule has 1 atom stereocenters. The summed E-state index contributed by atoms with van der Waals surface area (Å²) < 4.78 is 28.2. The molecule has 6 heteroatoms. The van der Waals surface area contributed by atoms with Gasteiger partial charge in [-0.3, -0.25) is 4.79 Å². The summed E-state index contributed by atoms with van der Waals surface area (Å²) >= 11 is 0. The molecule has 1 rings (SSSR count). The van der Waals surface area contributed by atoms with Crippen LogP contribution in [0.25, 0.3) is 0 Å². The lowest BCUT2D eigenvalue weighted by Crippen LogP contribution is -2.39. The third-order valence-corrected chi connectivity index (χ3v) is 3.01. The number of hydrogen-bond acceptors (Lipinski definition) is 3. The SMILES string of the molecule is CC(C)(C)C(O)CNC(=O)Cc1ccc(OC(F)F)cc1. The highest BCUT2D eigenvalue weighted by Gasteiger charge is 2.22. The molecule has 0 aliphatic heterocycles. The number of nitrogens with one attached hydrogen (secondary N) is 1. The molecule has 1 unspecified atom stereocenters. The molecular weight excluding hydrogens is 280 g/mol. The van der Waals surface area contributed by atoms with Crippen molar-refractivity contribution in [3.63, 3.8) is 0 Å². The third kappa shape index (κ3) is 6.53. The normalized spacial score (nSPS) is 13.1. The fourth-order valence-electron chi connectivity index (χ4n) is 1.55. The number of ether oxygens (including phenoxy) is 1. The quantitative estimate of drug-likeness (QED) is 0.848. The van der Waals surface area contributed by atoms with Crippen LogP contribution in [0.3, 0.4) is 0 Å². The molecule has 4 nitrogen and oxygen atoms in total. The van der Waals surface area contributed by atoms with Crippen molar-refractivity contribution in [1.82, 2.24) is 5.32 Å². The van der Waals surface area contributed by atoms with Gasteiger partial charge in [-0.25, -0.2) is 0 Å². The first-order valence-corrected chi connectivity index (χ1v) is 6.67. The van der Waals surface area contributed by atoms with Gasteiger partial charge in [0.25, 0.3) is 0 Å². The maximum absolute atomic E-state index is 12.0. The van der Waals surface area contributed by atoms with Crippen molar-refractivity contribution in [1.29, 1.82) is 0 Å². The number of hydrogen-bond donors (Lipinski definition) is 2. The molecule has 118 valence electrons. The molecule has 0 saturated heterocycles. The van der Waals surface area contributed by atoms with Gasteiger partial charge in [0.1, 0.15) is 5.75 Å². The minimum atomic E-state index is -2.86. The predicted molar refractivity (Wildman–Crippen MR) is 75.2 cm³/mol. The Balaban J connectivity index is 2.44. The molecule has 0 saturated carbocycles. The van der Waals surface area contributed by atoms with Crippen LogP contribution in [0.15, 0.2) is 24.3 Å². The second-order valence-electron chi connectivity index (χ2n) is 5.89. The highest BCUT2D eigenvalue weighted by molar-refractivity contribution is 5.78. The first-order valence-electron chi connectivity index (χ1n) is 6.67. The fraction of sp³-hybridized carbons (Fsp3) is 0.533. The number of benzene rings is 1. The molecule has 0 bridgehead atoms. The van der Waals surface area contributed by atoms with Crippen LogP contribution < -0.4 is 10.1 Å². The zero-order chi connectivity index (χ0) is 16.0. The minimum Gasteiger partial charge on any atom is -0.435 e. The summed E-state index contributed by atoms with van der Waals surface area (Å²) in [4.78, 5) is 11.7. The molecule has 2 N–H and O–H groups in total. The Bertz CT molecular complexity index is 455. The van der Waals surface area contributed by atoms with E-state index < -0.39 is 12.7 Å². The van der Waals surface area contributed by atoms with E-state index in [0.717, 1.165) is 0 Å². The summed E-state index contributed by atoms with van der Waals surface area (Å²) in [6.07, 6.45) is -0.519. The van der Waals surface area contributed by atoms with E-state index in [0.29, 0.717) is 5.56 Å². The molecule has 1 aromatic rings. The highest BCUT2D eigenvalue weighted by atomic mass is 19.3. The molecule has 1 aromatic carbocycles. The summed E-state index contributed by atoms with van der Waals surface area (Å²) in [5, 5.41) is 12.5. The maximum Gasteiger partial charge on any atom is 0.387 e. The monoisotopic (exact) mass is 301 g/mol. The Labute approximate surface area is 123 Å². The van der Waals surface area contributed by atoms with Crippen molar-refractivity contribution < 1.29 is 23.4 Å². The van der Waals surface area contributed by atoms with Crippen molar-refractivity contribution in [3.8, 4) is 5.75 Å². The number of carbonyl (C=O) groups is 1. The number of halogens is 2. The molecular formula is C15H21F2NO3. The zero-order valence-electron chi connectivity index (χ0n) is 12.4. The van der Waals surface area contributed by atoms with E-state index in [4.69, 9.17) is 0 Å². The standard InChI is InChI=1S/C15H21F2NO3/c1-15(2,3)12(19)9-18-13(20)8-10-4-6-11(7-5-10)21-14(16)17/h4-7,12,14,19H,8-9H2,1-3H3,(H,18,20). The van der Waals surface area contributed by atoms with Crippen LogP contribution in [0, 0.1) is 5.41 Å². The maximum atomic E-state index is 12.0. The van der Waals surface area contributed by atoms with Crippen LogP contribution in [-0.4, -0.2) is 30.3 Å². The lowest BCUT2D eigenvalue weighted by Gasteiger charge is -2.25. The van der Waals surface area contributed by atoms with Crippen molar-refractivity contribution in [2.75, 3.05) is 6.54 Å². The van der Waals surface area contributed by atoms with Gasteiger partial charge < -0.3 is 15.2 Å². The number of aliphatic hydroxyl groups is 1. The van der Waals surface area contributed by atoms with Gasteiger partial charge >= 0.3 is 6.61 Å². The Hall–Kier alpha value is -1.69. The molecule has 0 heterocycles. The van der Waals surface area contributed by atoms with Gasteiger partial charge in [0.05, 0.1) is 12.5 Å². The fourth-order valence-corrected chi connectivity index (χ4v) is 1.55. The Morgan fingerprint density at radius 2 is 1.86 bits per heavy atom. The molecule has 0 aliphatic rings. The summed E-state index contributed by atoms with van der Waals surface area (Å²) in [7, 11) is 0. The van der Waals surface area contributed by atoms with Crippen molar-refractivity contribution >= 4 is 5.91 Å². The van der Waals surface area contributed by atoms with Gasteiger partial charge in [-0.2, -0.15) is 8.78 Å². The van der Waals surface area contributed by atoms with E-state index >= 15 is 0 Å². The van der Waals surface area contributed by atoms with Crippen molar-refractivity contribution in [3.05, 3.63) is 29.8 Å². The Morgan fingerprint density at radius 1 is 1.29 bits per heavy atom. The number of amides is 1. The molecule has 0 aromatic heterocycles. The zero-order valence-corrected chi connectivity index (χ0v) is 12.4. The van der Waals surface area contributed by atoms with Crippen LogP contribution in [0.4, 0.5) is 8.78 Å². The van der Waals surface area contributed by atoms with E-state index in [9.17, 15) is 18.7 Å². The van der Waals surface area contributed by atoms with Gasteiger partial charge in [-0.05, 0) is 23.1 Å². The second-order valence-corrected chi connectivity index (χ2v) is 5.89. The number of carbonyl (C=O) groups excluding carboxylic acids is 1. The minimum absolute atomic E-state index is 0.0531. The first-order chi connectivity index (χ1) is 9.68. The number of alkyl halides is 2. The van der Waals surface area contributed by atoms with E-state index in [2.05, 4.69) is 10.1 Å². The van der Waals surface area contributed by atoms with E-state index in [1.165, 1.54) is 12.1 Å². The van der Waals surface area contributed by atoms with E-state index in [1.54, 1.807) is 12.1 Å². The van der Waals surface area contributed by atoms with Crippen LogP contribution in [-0.2, 0) is 11.2 Å². The van der Waals surface area contributed by atoms with Crippen LogP contribution in [0.2, 0.25) is 0 Å². The number of rotatable bonds is 6. The molecule has 21 heavy (non-hydrogen) atoms. The van der Waals surface area contributed by atoms with Crippen molar-refractivity contribution in [2.24, 2.45) is 5.41 Å². The van der Waals surface area contributed by atoms with Gasteiger partial charge in [0.15, 0.2) is 0 Å². The molecule has 0 spiro atoms. The highest BCUT2D eigenvalue weighted by Crippen LogP contribution is 2.18. The summed E-state index contributed by atoms with van der Waals surface area (Å²) in [6.45, 7) is 2.95. The summed E-state index contributed by atoms with van der Waals surface area (Å²) in [5.41, 5.74) is 0.376. The van der Waals surface area contributed by atoms with Gasteiger partial charge in [0, 0.05) is 6.54 Å². The molecule has 0 aliphatic carbocycles. The smallest absolute Gasteiger partial charge is 0.387 e. The molecule has 0 radical (unpaired) electrons. The topological polar surface area (TPSA) is 58.6 Å². The largest absolute Gasteiger partial charge is 0.435 e. The average molecular weight is 301 g/mol. The average Bonchev–Trinajstić information content (AvgIpc) is 2.36. The van der Waals surface area contributed by atoms with Crippen LogP contribution >= 0.6 is 0 Å². The number of aliphatic hydroxyl groups excluding tert-OH is 1. The van der Waals surface area contributed by atoms with Gasteiger partial charge in [-0.1, -0.05) is 32.9 Å². The first kappa shape index (κ1) is 17.4. The van der Waals surface area contributed by atoms with Crippen LogP contribution in [0.1, 0.15) is 26.3 Å². The van der Waals surface area contributed by atoms with Gasteiger partial charge in [-0.15, -0.1) is 0 Å². The lowest BCUT2D eigenvalue weighted by atomic mass is 9.89. The van der Waals surface area contributed by atoms with Gasteiger partial charge in [0.2, 0.25) is 5.91 Å². The van der Waals surface area contributed by atoms with E-state index in [1.807, 2.05) is 20.8 Å². The van der Waals surface area contributed by atoms with Crippen LogP contribution in [0.5, 0.6) is 5.75 Å². The summed E-state index contributed by atoms with van der Waals surface area (Å²) in [6, 6.07) is 5.88. The molecule has 1 amide bonds. The van der Waals surface area contributed by atoms with E-state index in [-0.39, 0.29) is 30.0 Å².